The molecule has 0 aromatic carbocycles. The normalized spacial score (nSPS) is 26.8. The summed E-state index contributed by atoms with van der Waals surface area (Å²) >= 11 is 2.06. The molecule has 1 heterocycles. The van der Waals surface area contributed by atoms with Crippen LogP contribution in [0.25, 0.3) is 0 Å². The monoisotopic (exact) mass is 289 g/mol. The van der Waals surface area contributed by atoms with Crippen molar-refractivity contribution in [3.8, 4) is 0 Å². The molecule has 19 heavy (non-hydrogen) atoms. The second-order valence-electron chi connectivity index (χ2n) is 6.25. The molecular formula is C15H31NO2S. The van der Waals surface area contributed by atoms with Gasteiger partial charge < -0.3 is 15.2 Å². The smallest absolute Gasteiger partial charge is 0.0666 e. The number of aliphatic hydroxyl groups excluding tert-OH is 1. The summed E-state index contributed by atoms with van der Waals surface area (Å²) in [4.78, 5) is 0. The van der Waals surface area contributed by atoms with Gasteiger partial charge >= 0.3 is 0 Å². The van der Waals surface area contributed by atoms with Crippen LogP contribution in [0.4, 0.5) is 0 Å². The minimum atomic E-state index is -0.122. The van der Waals surface area contributed by atoms with E-state index in [0.717, 1.165) is 13.0 Å². The number of unbranched alkanes of at least 4 members (excludes halogenated alkanes) is 1. The highest BCUT2D eigenvalue weighted by Gasteiger charge is 2.25. The zero-order valence-corrected chi connectivity index (χ0v) is 13.8. The average molecular weight is 289 g/mol. The van der Waals surface area contributed by atoms with E-state index in [1.807, 2.05) is 0 Å². The van der Waals surface area contributed by atoms with Crippen molar-refractivity contribution in [3.63, 3.8) is 0 Å². The van der Waals surface area contributed by atoms with Crippen LogP contribution >= 0.6 is 11.8 Å². The van der Waals surface area contributed by atoms with Crippen LogP contribution in [0.5, 0.6) is 0 Å². The van der Waals surface area contributed by atoms with Gasteiger partial charge in [0.05, 0.1) is 12.7 Å². The van der Waals surface area contributed by atoms with Crippen molar-refractivity contribution < 1.29 is 9.84 Å². The molecule has 3 atom stereocenters. The third kappa shape index (κ3) is 6.48. The average Bonchev–Trinajstić information content (AvgIpc) is 2.74. The fraction of sp³-hybridized carbons (Fsp3) is 1.00. The van der Waals surface area contributed by atoms with Gasteiger partial charge in [-0.2, -0.15) is 11.8 Å². The van der Waals surface area contributed by atoms with Crippen molar-refractivity contribution in [1.82, 2.24) is 5.32 Å². The number of ether oxygens (including phenoxy) is 1. The van der Waals surface area contributed by atoms with Gasteiger partial charge in [0.15, 0.2) is 0 Å². The molecule has 0 amide bonds. The zero-order chi connectivity index (χ0) is 14.3. The lowest BCUT2D eigenvalue weighted by Gasteiger charge is -2.31. The summed E-state index contributed by atoms with van der Waals surface area (Å²) in [7, 11) is 0. The summed E-state index contributed by atoms with van der Waals surface area (Å²) in [5.41, 5.74) is -0.122. The number of rotatable bonds is 9. The predicted molar refractivity (Wildman–Crippen MR) is 83.9 cm³/mol. The standard InChI is InChI=1S/C15H31NO2S/c1-12(2)16-15(4,11-17)8-5-6-10-19-14-7-9-18-13(14)3/h12-14,16-17H,5-11H2,1-4H3. The minimum Gasteiger partial charge on any atom is -0.394 e. The van der Waals surface area contributed by atoms with Gasteiger partial charge in [0, 0.05) is 23.4 Å². The third-order valence-electron chi connectivity index (χ3n) is 3.75. The Balaban J connectivity index is 2.11. The van der Waals surface area contributed by atoms with E-state index in [1.54, 1.807) is 0 Å². The maximum atomic E-state index is 9.51. The molecule has 0 aromatic rings. The highest BCUT2D eigenvalue weighted by atomic mass is 32.2. The molecule has 0 aliphatic carbocycles. The van der Waals surface area contributed by atoms with E-state index >= 15 is 0 Å². The Kier molecular flexibility index (Phi) is 7.73. The maximum Gasteiger partial charge on any atom is 0.0666 e. The quantitative estimate of drug-likeness (QED) is 0.641. The molecule has 1 aliphatic heterocycles. The van der Waals surface area contributed by atoms with Gasteiger partial charge in [-0.25, -0.2) is 0 Å². The molecule has 1 fully saturated rings. The van der Waals surface area contributed by atoms with Crippen molar-refractivity contribution in [2.75, 3.05) is 19.0 Å². The summed E-state index contributed by atoms with van der Waals surface area (Å²) in [6, 6.07) is 0.419. The van der Waals surface area contributed by atoms with Crippen molar-refractivity contribution in [3.05, 3.63) is 0 Å². The van der Waals surface area contributed by atoms with Gasteiger partial charge in [-0.05, 0) is 38.9 Å². The lowest BCUT2D eigenvalue weighted by molar-refractivity contribution is 0.127. The Morgan fingerprint density at radius 3 is 2.68 bits per heavy atom. The molecule has 3 unspecified atom stereocenters. The van der Waals surface area contributed by atoms with Gasteiger partial charge in [0.25, 0.3) is 0 Å². The number of hydrogen-bond acceptors (Lipinski definition) is 4. The second-order valence-corrected chi connectivity index (χ2v) is 7.60. The van der Waals surface area contributed by atoms with E-state index in [2.05, 4.69) is 44.8 Å². The molecule has 114 valence electrons. The Hall–Kier alpha value is 0.230. The first-order valence-corrected chi connectivity index (χ1v) is 8.63. The highest BCUT2D eigenvalue weighted by Crippen LogP contribution is 2.27. The molecule has 2 N–H and O–H groups in total. The van der Waals surface area contributed by atoms with Crippen LogP contribution in [-0.4, -0.2) is 47.0 Å². The van der Waals surface area contributed by atoms with Crippen LogP contribution in [0.15, 0.2) is 0 Å². The molecule has 0 aromatic heterocycles. The van der Waals surface area contributed by atoms with E-state index in [9.17, 15) is 5.11 Å². The number of hydrogen-bond donors (Lipinski definition) is 2. The molecule has 0 bridgehead atoms. The van der Waals surface area contributed by atoms with Crippen LogP contribution < -0.4 is 5.32 Å². The number of thioether (sulfide) groups is 1. The van der Waals surface area contributed by atoms with E-state index < -0.39 is 0 Å². The summed E-state index contributed by atoms with van der Waals surface area (Å²) in [5, 5.41) is 13.7. The first-order valence-electron chi connectivity index (χ1n) is 7.58. The molecule has 3 nitrogen and oxygen atoms in total. The molecular weight excluding hydrogens is 258 g/mol. The topological polar surface area (TPSA) is 41.5 Å². The summed E-state index contributed by atoms with van der Waals surface area (Å²) < 4.78 is 5.57. The van der Waals surface area contributed by atoms with Crippen molar-refractivity contribution in [1.29, 1.82) is 0 Å². The summed E-state index contributed by atoms with van der Waals surface area (Å²) in [5.74, 6) is 1.21. The van der Waals surface area contributed by atoms with Crippen LogP contribution in [0.2, 0.25) is 0 Å². The Bertz CT molecular complexity index is 250. The van der Waals surface area contributed by atoms with Gasteiger partial charge in [-0.15, -0.1) is 0 Å². The molecule has 1 rings (SSSR count). The van der Waals surface area contributed by atoms with Crippen LogP contribution in [0.3, 0.4) is 0 Å². The lowest BCUT2D eigenvalue weighted by atomic mass is 9.95. The van der Waals surface area contributed by atoms with Crippen LogP contribution in [0.1, 0.15) is 53.4 Å². The van der Waals surface area contributed by atoms with E-state index in [4.69, 9.17) is 4.74 Å². The second kappa shape index (κ2) is 8.50. The van der Waals surface area contributed by atoms with Crippen molar-refractivity contribution in [2.24, 2.45) is 0 Å². The molecule has 0 saturated carbocycles. The lowest BCUT2D eigenvalue weighted by Crippen LogP contribution is -2.49. The predicted octanol–water partition coefficient (Wildman–Crippen LogP) is 2.82. The Morgan fingerprint density at radius 1 is 1.42 bits per heavy atom. The largest absolute Gasteiger partial charge is 0.394 e. The van der Waals surface area contributed by atoms with Crippen LogP contribution in [-0.2, 0) is 4.74 Å². The fourth-order valence-electron chi connectivity index (χ4n) is 2.68. The van der Waals surface area contributed by atoms with Gasteiger partial charge in [0.2, 0.25) is 0 Å². The fourth-order valence-corrected chi connectivity index (χ4v) is 3.96. The number of aliphatic hydroxyl groups is 1. The first kappa shape index (κ1) is 17.3. The van der Waals surface area contributed by atoms with Crippen molar-refractivity contribution in [2.45, 2.75) is 76.3 Å². The highest BCUT2D eigenvalue weighted by molar-refractivity contribution is 7.99. The van der Waals surface area contributed by atoms with Gasteiger partial charge in [-0.1, -0.05) is 20.3 Å². The first-order chi connectivity index (χ1) is 8.97. The third-order valence-corrected chi connectivity index (χ3v) is 5.32. The molecule has 0 spiro atoms. The van der Waals surface area contributed by atoms with E-state index in [-0.39, 0.29) is 12.1 Å². The van der Waals surface area contributed by atoms with Crippen molar-refractivity contribution >= 4 is 11.8 Å². The maximum absolute atomic E-state index is 9.51. The molecule has 1 saturated heterocycles. The molecule has 0 radical (unpaired) electrons. The molecule has 1 aliphatic rings. The van der Waals surface area contributed by atoms with E-state index in [0.29, 0.717) is 17.4 Å². The van der Waals surface area contributed by atoms with E-state index in [1.165, 1.54) is 25.0 Å². The SMILES string of the molecule is CC(C)NC(C)(CO)CCCCSC1CCOC1C. The minimum absolute atomic E-state index is 0.122. The van der Waals surface area contributed by atoms with Gasteiger partial charge in [-0.3, -0.25) is 0 Å². The summed E-state index contributed by atoms with van der Waals surface area (Å²) in [6.07, 6.45) is 5.07. The zero-order valence-electron chi connectivity index (χ0n) is 12.9. The Labute approximate surface area is 122 Å². The van der Waals surface area contributed by atoms with Gasteiger partial charge in [0.1, 0.15) is 0 Å². The number of nitrogens with one attached hydrogen (secondary N) is 1. The summed E-state index contributed by atoms with van der Waals surface area (Å²) in [6.45, 7) is 9.70. The Morgan fingerprint density at radius 2 is 2.16 bits per heavy atom. The molecule has 4 heteroatoms. The van der Waals surface area contributed by atoms with Crippen LogP contribution in [0, 0.1) is 0 Å².